The molecule has 0 heterocycles. The van der Waals surface area contributed by atoms with Crippen LogP contribution in [0, 0.1) is 0 Å². The number of benzene rings is 2. The molecule has 0 N–H and O–H groups in total. The minimum atomic E-state index is -0.179. The van der Waals surface area contributed by atoms with Gasteiger partial charge in [-0.3, -0.25) is 0 Å². The Kier molecular flexibility index (Phi) is 5.81. The minimum Gasteiger partial charge on any atom is -0.493 e. The first-order valence-electron chi connectivity index (χ1n) is 6.64. The minimum absolute atomic E-state index is 0.179. The predicted molar refractivity (Wildman–Crippen MR) is 86.4 cm³/mol. The Bertz CT molecular complexity index is 584. The van der Waals surface area contributed by atoms with Gasteiger partial charge in [0.05, 0.1) is 7.11 Å². The van der Waals surface area contributed by atoms with Crippen LogP contribution in [0.4, 0.5) is 0 Å². The van der Waals surface area contributed by atoms with Gasteiger partial charge >= 0.3 is 0 Å². The number of alkyl halides is 1. The standard InChI is InChI=1S/C17H17BrO3/c1-20-17-9-14(15(10-18)11-19)7-8-16(17)21-12-13-5-3-2-4-6-13/h2-9,11,15H,10,12H2,1H3. The van der Waals surface area contributed by atoms with Crippen molar-refractivity contribution in [3.63, 3.8) is 0 Å². The van der Waals surface area contributed by atoms with Gasteiger partial charge in [-0.15, -0.1) is 0 Å². The number of methoxy groups -OCH3 is 1. The van der Waals surface area contributed by atoms with Crippen molar-refractivity contribution in [3.05, 3.63) is 59.7 Å². The molecule has 0 aliphatic carbocycles. The molecule has 0 aromatic heterocycles. The highest BCUT2D eigenvalue weighted by Gasteiger charge is 2.13. The average Bonchev–Trinajstić information content (AvgIpc) is 2.55. The summed E-state index contributed by atoms with van der Waals surface area (Å²) in [5, 5.41) is 0.587. The zero-order valence-corrected chi connectivity index (χ0v) is 13.4. The molecule has 0 amide bonds. The van der Waals surface area contributed by atoms with Crippen LogP contribution in [0.5, 0.6) is 11.5 Å². The lowest BCUT2D eigenvalue weighted by Crippen LogP contribution is -2.03. The lowest BCUT2D eigenvalue weighted by atomic mass is 10.0. The number of halogens is 1. The molecule has 2 aromatic rings. The van der Waals surface area contributed by atoms with Gasteiger partial charge in [0, 0.05) is 11.2 Å². The van der Waals surface area contributed by atoms with E-state index in [1.54, 1.807) is 7.11 Å². The van der Waals surface area contributed by atoms with E-state index in [0.717, 1.165) is 17.4 Å². The lowest BCUT2D eigenvalue weighted by molar-refractivity contribution is -0.108. The smallest absolute Gasteiger partial charge is 0.161 e. The molecule has 1 unspecified atom stereocenters. The van der Waals surface area contributed by atoms with Gasteiger partial charge in [0.1, 0.15) is 12.9 Å². The van der Waals surface area contributed by atoms with E-state index >= 15 is 0 Å². The molecule has 3 nitrogen and oxygen atoms in total. The van der Waals surface area contributed by atoms with Gasteiger partial charge in [-0.1, -0.05) is 52.3 Å². The van der Waals surface area contributed by atoms with Crippen LogP contribution in [-0.4, -0.2) is 18.7 Å². The predicted octanol–water partition coefficient (Wildman–Crippen LogP) is 3.95. The number of ether oxygens (including phenoxy) is 2. The molecular weight excluding hydrogens is 332 g/mol. The fourth-order valence-corrected chi connectivity index (χ4v) is 2.50. The third-order valence-corrected chi connectivity index (χ3v) is 3.88. The van der Waals surface area contributed by atoms with E-state index in [1.807, 2.05) is 48.5 Å². The van der Waals surface area contributed by atoms with E-state index in [2.05, 4.69) is 15.9 Å². The number of hydrogen-bond acceptors (Lipinski definition) is 3. The molecule has 0 fully saturated rings. The second-order valence-electron chi connectivity index (χ2n) is 4.58. The van der Waals surface area contributed by atoms with Crippen LogP contribution in [0.1, 0.15) is 17.0 Å². The molecule has 0 spiro atoms. The maximum absolute atomic E-state index is 11.0. The molecule has 2 aromatic carbocycles. The summed E-state index contributed by atoms with van der Waals surface area (Å²) in [5.41, 5.74) is 2.00. The first kappa shape index (κ1) is 15.6. The van der Waals surface area contributed by atoms with E-state index in [-0.39, 0.29) is 5.92 Å². The van der Waals surface area contributed by atoms with Crippen molar-refractivity contribution in [2.45, 2.75) is 12.5 Å². The highest BCUT2D eigenvalue weighted by Crippen LogP contribution is 2.31. The quantitative estimate of drug-likeness (QED) is 0.561. The molecule has 1 atom stereocenters. The molecule has 0 bridgehead atoms. The van der Waals surface area contributed by atoms with E-state index in [4.69, 9.17) is 9.47 Å². The summed E-state index contributed by atoms with van der Waals surface area (Å²) in [5.74, 6) is 1.13. The molecule has 4 heteroatoms. The molecule has 110 valence electrons. The van der Waals surface area contributed by atoms with Crippen LogP contribution >= 0.6 is 15.9 Å². The fourth-order valence-electron chi connectivity index (χ4n) is 1.97. The second-order valence-corrected chi connectivity index (χ2v) is 5.23. The van der Waals surface area contributed by atoms with E-state index in [1.165, 1.54) is 0 Å². The first-order chi connectivity index (χ1) is 10.3. The molecule has 2 rings (SSSR count). The monoisotopic (exact) mass is 348 g/mol. The van der Waals surface area contributed by atoms with Gasteiger partial charge in [-0.05, 0) is 23.3 Å². The van der Waals surface area contributed by atoms with Gasteiger partial charge < -0.3 is 14.3 Å². The molecule has 0 aliphatic heterocycles. The summed E-state index contributed by atoms with van der Waals surface area (Å²) in [6, 6.07) is 15.5. The van der Waals surface area contributed by atoms with Gasteiger partial charge in [-0.25, -0.2) is 0 Å². The Morgan fingerprint density at radius 2 is 1.90 bits per heavy atom. The van der Waals surface area contributed by atoms with Crippen LogP contribution < -0.4 is 9.47 Å². The van der Waals surface area contributed by atoms with Crippen molar-refractivity contribution in [3.8, 4) is 11.5 Å². The average molecular weight is 349 g/mol. The van der Waals surface area contributed by atoms with Crippen LogP contribution in [0.2, 0.25) is 0 Å². The highest BCUT2D eigenvalue weighted by molar-refractivity contribution is 9.09. The largest absolute Gasteiger partial charge is 0.493 e. The Morgan fingerprint density at radius 3 is 2.52 bits per heavy atom. The first-order valence-corrected chi connectivity index (χ1v) is 7.76. The molecular formula is C17H17BrO3. The van der Waals surface area contributed by atoms with Gasteiger partial charge in [0.2, 0.25) is 0 Å². The summed E-state index contributed by atoms with van der Waals surface area (Å²) in [7, 11) is 1.60. The maximum atomic E-state index is 11.0. The maximum Gasteiger partial charge on any atom is 0.161 e. The zero-order chi connectivity index (χ0) is 15.1. The lowest BCUT2D eigenvalue weighted by Gasteiger charge is -2.14. The number of carbonyl (C=O) groups is 1. The number of rotatable bonds is 7. The summed E-state index contributed by atoms with van der Waals surface area (Å²) in [6.07, 6.45) is 0.925. The van der Waals surface area contributed by atoms with Crippen LogP contribution in [-0.2, 0) is 11.4 Å². The number of carbonyl (C=O) groups excluding carboxylic acids is 1. The van der Waals surface area contributed by atoms with Gasteiger partial charge in [0.25, 0.3) is 0 Å². The van der Waals surface area contributed by atoms with Crippen molar-refractivity contribution in [1.82, 2.24) is 0 Å². The fraction of sp³-hybridized carbons (Fsp3) is 0.235. The number of hydrogen-bond donors (Lipinski definition) is 0. The molecule has 0 saturated carbocycles. The summed E-state index contributed by atoms with van der Waals surface area (Å²) in [6.45, 7) is 0.478. The topological polar surface area (TPSA) is 35.5 Å². The van der Waals surface area contributed by atoms with Crippen LogP contribution in [0.15, 0.2) is 48.5 Å². The van der Waals surface area contributed by atoms with Crippen molar-refractivity contribution >= 4 is 22.2 Å². The van der Waals surface area contributed by atoms with E-state index in [9.17, 15) is 4.79 Å². The van der Waals surface area contributed by atoms with Crippen molar-refractivity contribution < 1.29 is 14.3 Å². The van der Waals surface area contributed by atoms with E-state index < -0.39 is 0 Å². The Morgan fingerprint density at radius 1 is 1.14 bits per heavy atom. The molecule has 0 radical (unpaired) electrons. The Balaban J connectivity index is 2.14. The Hall–Kier alpha value is -1.81. The van der Waals surface area contributed by atoms with Crippen molar-refractivity contribution in [2.75, 3.05) is 12.4 Å². The zero-order valence-electron chi connectivity index (χ0n) is 11.8. The van der Waals surface area contributed by atoms with Gasteiger partial charge in [-0.2, -0.15) is 0 Å². The van der Waals surface area contributed by atoms with E-state index in [0.29, 0.717) is 23.4 Å². The molecule has 21 heavy (non-hydrogen) atoms. The van der Waals surface area contributed by atoms with Crippen LogP contribution in [0.25, 0.3) is 0 Å². The highest BCUT2D eigenvalue weighted by atomic mass is 79.9. The van der Waals surface area contributed by atoms with Crippen molar-refractivity contribution in [2.24, 2.45) is 0 Å². The Labute approximate surface area is 133 Å². The third-order valence-electron chi connectivity index (χ3n) is 3.18. The molecule has 0 saturated heterocycles. The summed E-state index contributed by atoms with van der Waals surface area (Å²) in [4.78, 5) is 11.0. The summed E-state index contributed by atoms with van der Waals surface area (Å²) >= 11 is 3.34. The number of aldehydes is 1. The van der Waals surface area contributed by atoms with Crippen molar-refractivity contribution in [1.29, 1.82) is 0 Å². The third kappa shape index (κ3) is 4.08. The normalized spacial score (nSPS) is 11.7. The molecule has 0 aliphatic rings. The van der Waals surface area contributed by atoms with Gasteiger partial charge in [0.15, 0.2) is 11.5 Å². The SMILES string of the molecule is COc1cc(C(C=O)CBr)ccc1OCc1ccccc1. The summed E-state index contributed by atoms with van der Waals surface area (Å²) < 4.78 is 11.1. The van der Waals surface area contributed by atoms with Crippen LogP contribution in [0.3, 0.4) is 0 Å². The second kappa shape index (κ2) is 7.84.